The summed E-state index contributed by atoms with van der Waals surface area (Å²) in [4.78, 5) is 17.9. The average Bonchev–Trinajstić information content (AvgIpc) is 3.26. The summed E-state index contributed by atoms with van der Waals surface area (Å²) in [5.74, 6) is 0.564. The van der Waals surface area contributed by atoms with Gasteiger partial charge in [-0.3, -0.25) is 4.79 Å². The van der Waals surface area contributed by atoms with Crippen molar-refractivity contribution in [1.82, 2.24) is 14.8 Å². The van der Waals surface area contributed by atoms with Crippen LogP contribution in [0.1, 0.15) is 47.3 Å². The lowest BCUT2D eigenvalue weighted by atomic mass is 10.1. The van der Waals surface area contributed by atoms with Gasteiger partial charge in [0.2, 0.25) is 0 Å². The highest BCUT2D eigenvalue weighted by molar-refractivity contribution is 6.12. The van der Waals surface area contributed by atoms with Gasteiger partial charge in [0, 0.05) is 11.6 Å². The lowest BCUT2D eigenvalue weighted by Gasteiger charge is -2.11. The number of furan rings is 1. The van der Waals surface area contributed by atoms with Gasteiger partial charge < -0.3 is 9.73 Å². The predicted molar refractivity (Wildman–Crippen MR) is 114 cm³/mol. The largest absolute Gasteiger partial charge is 0.466 e. The Bertz CT molecular complexity index is 1270. The molecule has 0 aliphatic heterocycles. The van der Waals surface area contributed by atoms with Crippen molar-refractivity contribution >= 4 is 22.6 Å². The molecule has 0 aliphatic carbocycles. The number of pyridine rings is 1. The normalized spacial score (nSPS) is 11.4. The van der Waals surface area contributed by atoms with Gasteiger partial charge >= 0.3 is 0 Å². The van der Waals surface area contributed by atoms with Gasteiger partial charge in [0.25, 0.3) is 5.91 Å². The monoisotopic (exact) mass is 406 g/mol. The molecule has 0 bridgehead atoms. The molecule has 0 radical (unpaired) electrons. The van der Waals surface area contributed by atoms with Crippen LogP contribution in [0, 0.1) is 26.6 Å². The van der Waals surface area contributed by atoms with Crippen molar-refractivity contribution in [2.24, 2.45) is 0 Å². The maximum Gasteiger partial charge on any atom is 0.256 e. The summed E-state index contributed by atoms with van der Waals surface area (Å²) in [5, 5.41) is 7.72. The summed E-state index contributed by atoms with van der Waals surface area (Å²) in [5.41, 5.74) is 3.37. The SMILES string of the molecule is Cc1ccc(F)c(NC(=O)c2cc(-c3cc(C)oc3C)nc3c2cnn3C(C)C)c1. The number of amides is 1. The number of aryl methyl sites for hydroxylation is 3. The van der Waals surface area contributed by atoms with Crippen molar-refractivity contribution in [1.29, 1.82) is 0 Å². The van der Waals surface area contributed by atoms with Crippen molar-refractivity contribution in [2.45, 2.75) is 40.7 Å². The van der Waals surface area contributed by atoms with Gasteiger partial charge in [-0.2, -0.15) is 5.10 Å². The summed E-state index contributed by atoms with van der Waals surface area (Å²) in [6.45, 7) is 9.55. The van der Waals surface area contributed by atoms with E-state index in [9.17, 15) is 9.18 Å². The minimum absolute atomic E-state index is 0.0579. The zero-order valence-corrected chi connectivity index (χ0v) is 17.6. The van der Waals surface area contributed by atoms with Crippen LogP contribution < -0.4 is 5.32 Å². The summed E-state index contributed by atoms with van der Waals surface area (Å²) in [6.07, 6.45) is 1.63. The van der Waals surface area contributed by atoms with Crippen LogP contribution in [0.15, 0.2) is 40.9 Å². The zero-order valence-electron chi connectivity index (χ0n) is 17.6. The quantitative estimate of drug-likeness (QED) is 0.480. The molecule has 154 valence electrons. The Hall–Kier alpha value is -3.48. The summed E-state index contributed by atoms with van der Waals surface area (Å²) in [7, 11) is 0. The third kappa shape index (κ3) is 3.47. The zero-order chi connectivity index (χ0) is 21.6. The average molecular weight is 406 g/mol. The number of aromatic nitrogens is 3. The lowest BCUT2D eigenvalue weighted by Crippen LogP contribution is -2.14. The van der Waals surface area contributed by atoms with Gasteiger partial charge in [0.05, 0.1) is 28.5 Å². The first kappa shape index (κ1) is 19.8. The number of nitrogens with one attached hydrogen (secondary N) is 1. The Morgan fingerprint density at radius 1 is 1.17 bits per heavy atom. The summed E-state index contributed by atoms with van der Waals surface area (Å²) in [6, 6.07) is 8.25. The minimum Gasteiger partial charge on any atom is -0.466 e. The Morgan fingerprint density at radius 2 is 1.93 bits per heavy atom. The van der Waals surface area contributed by atoms with Crippen molar-refractivity contribution in [3.63, 3.8) is 0 Å². The number of nitrogens with zero attached hydrogens (tertiary/aromatic N) is 3. The predicted octanol–water partition coefficient (Wildman–Crippen LogP) is 5.59. The third-order valence-corrected chi connectivity index (χ3v) is 4.99. The molecule has 0 saturated carbocycles. The maximum atomic E-state index is 14.2. The summed E-state index contributed by atoms with van der Waals surface area (Å²) >= 11 is 0. The highest BCUT2D eigenvalue weighted by Gasteiger charge is 2.21. The molecule has 4 rings (SSSR count). The van der Waals surface area contributed by atoms with Gasteiger partial charge in [0.15, 0.2) is 5.65 Å². The van der Waals surface area contributed by atoms with Crippen LogP contribution in [0.25, 0.3) is 22.3 Å². The van der Waals surface area contributed by atoms with Crippen LogP contribution in [0.2, 0.25) is 0 Å². The Labute approximate surface area is 173 Å². The Morgan fingerprint density at radius 3 is 2.60 bits per heavy atom. The number of carbonyl (C=O) groups is 1. The third-order valence-electron chi connectivity index (χ3n) is 4.99. The van der Waals surface area contributed by atoms with Crippen LogP contribution in [0.5, 0.6) is 0 Å². The first-order valence-corrected chi connectivity index (χ1v) is 9.77. The second kappa shape index (κ2) is 7.40. The van der Waals surface area contributed by atoms with E-state index in [0.717, 1.165) is 16.9 Å². The number of benzene rings is 1. The van der Waals surface area contributed by atoms with Gasteiger partial charge in [-0.1, -0.05) is 6.07 Å². The number of anilines is 1. The van der Waals surface area contributed by atoms with Gasteiger partial charge in [0.1, 0.15) is 17.3 Å². The molecular formula is C23H23FN4O2. The van der Waals surface area contributed by atoms with Crippen LogP contribution in [0.4, 0.5) is 10.1 Å². The van der Waals surface area contributed by atoms with Crippen LogP contribution in [-0.4, -0.2) is 20.7 Å². The molecule has 7 heteroatoms. The molecule has 3 heterocycles. The smallest absolute Gasteiger partial charge is 0.256 e. The molecule has 0 atom stereocenters. The van der Waals surface area contributed by atoms with Gasteiger partial charge in [-0.25, -0.2) is 14.1 Å². The maximum absolute atomic E-state index is 14.2. The van der Waals surface area contributed by atoms with E-state index in [4.69, 9.17) is 9.40 Å². The fourth-order valence-electron chi connectivity index (χ4n) is 3.53. The van der Waals surface area contributed by atoms with Crippen molar-refractivity contribution in [2.75, 3.05) is 5.32 Å². The fourth-order valence-corrected chi connectivity index (χ4v) is 3.53. The number of halogens is 1. The van der Waals surface area contributed by atoms with Crippen molar-refractivity contribution in [3.05, 3.63) is 65.0 Å². The second-order valence-electron chi connectivity index (χ2n) is 7.74. The lowest BCUT2D eigenvalue weighted by molar-refractivity contribution is 0.102. The standard InChI is InChI=1S/C23H23FN4O2/c1-12(2)28-22-18(11-25-28)17(10-20(26-22)16-9-14(4)30-15(16)5)23(29)27-21-8-13(3)6-7-19(21)24/h6-12H,1-5H3,(H,27,29). The molecule has 0 fully saturated rings. The number of hydrogen-bond donors (Lipinski definition) is 1. The summed E-state index contributed by atoms with van der Waals surface area (Å²) < 4.78 is 21.6. The molecule has 0 aliphatic rings. The van der Waals surface area contributed by atoms with Crippen LogP contribution >= 0.6 is 0 Å². The minimum atomic E-state index is -0.487. The second-order valence-corrected chi connectivity index (χ2v) is 7.74. The van der Waals surface area contributed by atoms with Crippen LogP contribution in [0.3, 0.4) is 0 Å². The van der Waals surface area contributed by atoms with E-state index in [0.29, 0.717) is 28.1 Å². The number of hydrogen-bond acceptors (Lipinski definition) is 4. The van der Waals surface area contributed by atoms with E-state index < -0.39 is 11.7 Å². The number of fused-ring (bicyclic) bond motifs is 1. The first-order chi connectivity index (χ1) is 14.2. The van der Waals surface area contributed by atoms with E-state index >= 15 is 0 Å². The molecule has 0 saturated heterocycles. The molecule has 30 heavy (non-hydrogen) atoms. The fraction of sp³-hybridized carbons (Fsp3) is 0.261. The van der Waals surface area contributed by atoms with E-state index in [1.807, 2.05) is 40.7 Å². The van der Waals surface area contributed by atoms with Crippen molar-refractivity contribution in [3.8, 4) is 11.3 Å². The first-order valence-electron chi connectivity index (χ1n) is 9.77. The van der Waals surface area contributed by atoms with Crippen LogP contribution in [-0.2, 0) is 0 Å². The molecule has 0 spiro atoms. The molecule has 1 amide bonds. The molecule has 4 aromatic rings. The van der Waals surface area contributed by atoms with Crippen molar-refractivity contribution < 1.29 is 13.6 Å². The van der Waals surface area contributed by atoms with E-state index in [-0.39, 0.29) is 11.7 Å². The topological polar surface area (TPSA) is 73.0 Å². The Balaban J connectivity index is 1.88. The van der Waals surface area contributed by atoms with Gasteiger partial charge in [-0.05, 0) is 64.4 Å². The van der Waals surface area contributed by atoms with E-state index in [2.05, 4.69) is 10.4 Å². The molecule has 6 nitrogen and oxygen atoms in total. The molecular weight excluding hydrogens is 383 g/mol. The van der Waals surface area contributed by atoms with Gasteiger partial charge in [-0.15, -0.1) is 0 Å². The highest BCUT2D eigenvalue weighted by Crippen LogP contribution is 2.30. The molecule has 0 unspecified atom stereocenters. The molecule has 1 aromatic carbocycles. The molecule has 1 N–H and O–H groups in total. The number of rotatable bonds is 4. The highest BCUT2D eigenvalue weighted by atomic mass is 19.1. The van der Waals surface area contributed by atoms with E-state index in [1.165, 1.54) is 6.07 Å². The number of carbonyl (C=O) groups excluding carboxylic acids is 1. The van der Waals surface area contributed by atoms with E-state index in [1.54, 1.807) is 29.1 Å². The Kier molecular flexibility index (Phi) is 4.89. The molecule has 3 aromatic heterocycles.